The topological polar surface area (TPSA) is 21.3 Å². The molecule has 0 rings (SSSR count). The molecule has 0 bridgehead atoms. The molecular weight excluding hydrogens is 195 g/mol. The summed E-state index contributed by atoms with van der Waals surface area (Å²) in [7, 11) is 0. The monoisotopic (exact) mass is 213 g/mol. The van der Waals surface area contributed by atoms with Crippen molar-refractivity contribution in [1.29, 1.82) is 0 Å². The average molecular weight is 213 g/mol. The van der Waals surface area contributed by atoms with Gasteiger partial charge in [-0.1, -0.05) is 6.92 Å². The van der Waals surface area contributed by atoms with Crippen molar-refractivity contribution in [2.24, 2.45) is 0 Å². The highest BCUT2D eigenvalue weighted by Crippen LogP contribution is 2.21. The molecule has 0 fully saturated rings. The molecule has 0 aromatic rings. The van der Waals surface area contributed by atoms with Gasteiger partial charge in [0.25, 0.3) is 0 Å². The highest BCUT2D eigenvalue weighted by Gasteiger charge is 2.31. The van der Waals surface area contributed by atoms with Crippen molar-refractivity contribution < 1.29 is 17.9 Å². The number of alkyl halides is 3. The number of hydrogen-bond acceptors (Lipinski definition) is 2. The van der Waals surface area contributed by atoms with Crippen molar-refractivity contribution in [1.82, 2.24) is 5.32 Å². The van der Waals surface area contributed by atoms with Crippen LogP contribution in [0.2, 0.25) is 0 Å². The fourth-order valence-corrected chi connectivity index (χ4v) is 1.08. The maximum Gasteiger partial charge on any atom is 0.390 e. The Morgan fingerprint density at radius 2 is 1.93 bits per heavy atom. The summed E-state index contributed by atoms with van der Waals surface area (Å²) in [6.45, 7) is 4.84. The number of nitrogens with one attached hydrogen (secondary N) is 1. The van der Waals surface area contributed by atoms with Gasteiger partial charge in [0, 0.05) is 12.6 Å². The first-order valence-electron chi connectivity index (χ1n) is 4.87. The Morgan fingerprint density at radius 1 is 1.29 bits per heavy atom. The summed E-state index contributed by atoms with van der Waals surface area (Å²) in [5.41, 5.74) is 0. The molecule has 0 aliphatic heterocycles. The summed E-state index contributed by atoms with van der Waals surface area (Å²) in [4.78, 5) is 0. The summed E-state index contributed by atoms with van der Waals surface area (Å²) in [6.07, 6.45) is -4.13. The van der Waals surface area contributed by atoms with Gasteiger partial charge in [-0.3, -0.25) is 0 Å². The van der Waals surface area contributed by atoms with Crippen LogP contribution in [0.4, 0.5) is 13.2 Å². The Labute approximate surface area is 82.8 Å². The Bertz CT molecular complexity index is 131. The molecule has 0 aliphatic rings. The molecule has 14 heavy (non-hydrogen) atoms. The van der Waals surface area contributed by atoms with E-state index < -0.39 is 18.6 Å². The first-order valence-corrected chi connectivity index (χ1v) is 4.87. The van der Waals surface area contributed by atoms with E-state index in [9.17, 15) is 13.2 Å². The Hall–Kier alpha value is -0.290. The van der Waals surface area contributed by atoms with Crippen LogP contribution in [0, 0.1) is 0 Å². The molecule has 1 N–H and O–H groups in total. The Kier molecular flexibility index (Phi) is 6.92. The lowest BCUT2D eigenvalue weighted by molar-refractivity contribution is -0.143. The second kappa shape index (κ2) is 7.06. The predicted octanol–water partition coefficient (Wildman–Crippen LogP) is 2.34. The van der Waals surface area contributed by atoms with Gasteiger partial charge in [-0.25, -0.2) is 0 Å². The standard InChI is InChI=1S/C9H18F3NO/c1-3-5-13-8(7-14-4-2)6-9(10,11)12/h8,13H,3-7H2,1-2H3. The van der Waals surface area contributed by atoms with E-state index in [4.69, 9.17) is 4.74 Å². The van der Waals surface area contributed by atoms with Crippen molar-refractivity contribution in [3.8, 4) is 0 Å². The van der Waals surface area contributed by atoms with E-state index in [-0.39, 0.29) is 6.61 Å². The van der Waals surface area contributed by atoms with Crippen molar-refractivity contribution >= 4 is 0 Å². The van der Waals surface area contributed by atoms with Crippen LogP contribution in [0.3, 0.4) is 0 Å². The minimum Gasteiger partial charge on any atom is -0.380 e. The van der Waals surface area contributed by atoms with Crippen LogP contribution >= 0.6 is 0 Å². The molecule has 0 amide bonds. The quantitative estimate of drug-likeness (QED) is 0.701. The van der Waals surface area contributed by atoms with Crippen LogP contribution in [0.5, 0.6) is 0 Å². The van der Waals surface area contributed by atoms with Crippen molar-refractivity contribution in [2.45, 2.75) is 38.9 Å². The van der Waals surface area contributed by atoms with Gasteiger partial charge >= 0.3 is 6.18 Å². The van der Waals surface area contributed by atoms with E-state index in [2.05, 4.69) is 5.32 Å². The van der Waals surface area contributed by atoms with E-state index in [0.29, 0.717) is 13.2 Å². The summed E-state index contributed by atoms with van der Waals surface area (Å²) in [6, 6.07) is -0.616. The summed E-state index contributed by atoms with van der Waals surface area (Å²) < 4.78 is 41.2. The van der Waals surface area contributed by atoms with E-state index in [1.54, 1.807) is 6.92 Å². The Balaban J connectivity index is 3.84. The zero-order valence-electron chi connectivity index (χ0n) is 8.66. The second-order valence-corrected chi connectivity index (χ2v) is 3.13. The number of hydrogen-bond donors (Lipinski definition) is 1. The van der Waals surface area contributed by atoms with Crippen molar-refractivity contribution in [3.05, 3.63) is 0 Å². The van der Waals surface area contributed by atoms with Crippen LogP contribution in [0.1, 0.15) is 26.7 Å². The molecule has 0 aromatic heterocycles. The van der Waals surface area contributed by atoms with Gasteiger partial charge in [-0.15, -0.1) is 0 Å². The molecule has 0 aromatic carbocycles. The number of halogens is 3. The van der Waals surface area contributed by atoms with Gasteiger partial charge in [-0.05, 0) is 19.9 Å². The third kappa shape index (κ3) is 8.31. The maximum absolute atomic E-state index is 12.1. The lowest BCUT2D eigenvalue weighted by Crippen LogP contribution is -2.38. The molecule has 0 heterocycles. The van der Waals surface area contributed by atoms with Crippen LogP contribution in [-0.2, 0) is 4.74 Å². The molecule has 1 unspecified atom stereocenters. The minimum atomic E-state index is -4.12. The minimum absolute atomic E-state index is 0.121. The van der Waals surface area contributed by atoms with Crippen LogP contribution < -0.4 is 5.32 Å². The zero-order chi connectivity index (χ0) is 11.0. The van der Waals surface area contributed by atoms with Gasteiger partial charge in [0.15, 0.2) is 0 Å². The third-order valence-corrected chi connectivity index (χ3v) is 1.68. The van der Waals surface area contributed by atoms with Crippen LogP contribution in [0.15, 0.2) is 0 Å². The predicted molar refractivity (Wildman–Crippen MR) is 49.2 cm³/mol. The highest BCUT2D eigenvalue weighted by atomic mass is 19.4. The van der Waals surface area contributed by atoms with E-state index in [0.717, 1.165) is 6.42 Å². The van der Waals surface area contributed by atoms with Gasteiger partial charge in [0.05, 0.1) is 13.0 Å². The molecule has 0 aliphatic carbocycles. The largest absolute Gasteiger partial charge is 0.390 e. The molecule has 0 saturated carbocycles. The maximum atomic E-state index is 12.1. The van der Waals surface area contributed by atoms with Crippen LogP contribution in [0.25, 0.3) is 0 Å². The molecule has 0 radical (unpaired) electrons. The van der Waals surface area contributed by atoms with E-state index in [1.807, 2.05) is 6.92 Å². The molecular formula is C9H18F3NO. The van der Waals surface area contributed by atoms with Crippen LogP contribution in [-0.4, -0.2) is 32.0 Å². The lowest BCUT2D eigenvalue weighted by Gasteiger charge is -2.19. The molecule has 2 nitrogen and oxygen atoms in total. The zero-order valence-corrected chi connectivity index (χ0v) is 8.66. The van der Waals surface area contributed by atoms with E-state index in [1.165, 1.54) is 0 Å². The first kappa shape index (κ1) is 13.7. The van der Waals surface area contributed by atoms with Gasteiger partial charge in [0.1, 0.15) is 0 Å². The summed E-state index contributed by atoms with van der Waals surface area (Å²) in [5, 5.41) is 2.82. The SMILES string of the molecule is CCCNC(COCC)CC(F)(F)F. The fourth-order valence-electron chi connectivity index (χ4n) is 1.08. The smallest absolute Gasteiger partial charge is 0.380 e. The number of rotatable bonds is 7. The van der Waals surface area contributed by atoms with Crippen molar-refractivity contribution in [3.63, 3.8) is 0 Å². The lowest BCUT2D eigenvalue weighted by atomic mass is 10.2. The first-order chi connectivity index (χ1) is 6.49. The molecule has 5 heteroatoms. The normalized spacial score (nSPS) is 14.4. The summed E-state index contributed by atoms with van der Waals surface area (Å²) >= 11 is 0. The van der Waals surface area contributed by atoms with Gasteiger partial charge < -0.3 is 10.1 Å². The summed E-state index contributed by atoms with van der Waals surface area (Å²) in [5.74, 6) is 0. The van der Waals surface area contributed by atoms with Gasteiger partial charge in [0.2, 0.25) is 0 Å². The fraction of sp³-hybridized carbons (Fsp3) is 1.00. The van der Waals surface area contributed by atoms with Crippen molar-refractivity contribution in [2.75, 3.05) is 19.8 Å². The highest BCUT2D eigenvalue weighted by molar-refractivity contribution is 4.70. The molecule has 1 atom stereocenters. The van der Waals surface area contributed by atoms with Gasteiger partial charge in [-0.2, -0.15) is 13.2 Å². The Morgan fingerprint density at radius 3 is 2.36 bits per heavy atom. The second-order valence-electron chi connectivity index (χ2n) is 3.13. The molecule has 86 valence electrons. The molecule has 0 spiro atoms. The van der Waals surface area contributed by atoms with E-state index >= 15 is 0 Å². The average Bonchev–Trinajstić information content (AvgIpc) is 2.07. The number of ether oxygens (including phenoxy) is 1. The molecule has 0 saturated heterocycles. The third-order valence-electron chi connectivity index (χ3n) is 1.68.